The molecule has 3 heterocycles. The second-order valence-electron chi connectivity index (χ2n) is 8.71. The molecule has 11 nitrogen and oxygen atoms in total. The smallest absolute Gasteiger partial charge is 0.264 e. The third-order valence-corrected chi connectivity index (χ3v) is 8.86. The molecule has 2 aromatic heterocycles. The highest BCUT2D eigenvalue weighted by Crippen LogP contribution is 2.32. The van der Waals surface area contributed by atoms with E-state index in [9.17, 15) is 18.3 Å². The molecule has 0 spiro atoms. The lowest BCUT2D eigenvalue weighted by Crippen LogP contribution is -2.50. The molecule has 3 aromatic rings. The molecular formula is C23H23Cl2N7O4S. The zero-order valence-electron chi connectivity index (χ0n) is 19.5. The molecule has 1 aliphatic heterocycles. The summed E-state index contributed by atoms with van der Waals surface area (Å²) in [6.07, 6.45) is 8.97. The summed E-state index contributed by atoms with van der Waals surface area (Å²) in [6.45, 7) is -0.0175. The first-order valence-corrected chi connectivity index (χ1v) is 13.8. The van der Waals surface area contributed by atoms with E-state index >= 15 is 0 Å². The van der Waals surface area contributed by atoms with E-state index in [0.29, 0.717) is 17.9 Å². The van der Waals surface area contributed by atoms with Crippen molar-refractivity contribution in [3.05, 3.63) is 75.8 Å². The summed E-state index contributed by atoms with van der Waals surface area (Å²) in [5.74, 6) is 0.106. The Hall–Kier alpha value is -3.06. The summed E-state index contributed by atoms with van der Waals surface area (Å²) in [7, 11) is -4.11. The van der Waals surface area contributed by atoms with Gasteiger partial charge in [-0.1, -0.05) is 28.4 Å². The van der Waals surface area contributed by atoms with E-state index < -0.39 is 22.0 Å². The van der Waals surface area contributed by atoms with Crippen molar-refractivity contribution in [2.24, 2.45) is 0 Å². The summed E-state index contributed by atoms with van der Waals surface area (Å²) in [5.41, 5.74) is 2.31. The lowest BCUT2D eigenvalue weighted by Gasteiger charge is -2.31. The lowest BCUT2D eigenvalue weighted by atomic mass is 9.92. The summed E-state index contributed by atoms with van der Waals surface area (Å²) in [5, 5.41) is 20.6. The molecule has 5 rings (SSSR count). The van der Waals surface area contributed by atoms with Crippen LogP contribution in [0.3, 0.4) is 0 Å². The van der Waals surface area contributed by atoms with Crippen molar-refractivity contribution in [2.45, 2.75) is 49.1 Å². The van der Waals surface area contributed by atoms with Gasteiger partial charge in [0.05, 0.1) is 33.3 Å². The van der Waals surface area contributed by atoms with E-state index in [4.69, 9.17) is 23.2 Å². The number of aryl methyl sites for hydroxylation is 1. The number of aromatic nitrogens is 5. The number of nitrogens with one attached hydrogen (secondary N) is 1. The lowest BCUT2D eigenvalue weighted by molar-refractivity contribution is -0.124. The highest BCUT2D eigenvalue weighted by Gasteiger charge is 2.37. The van der Waals surface area contributed by atoms with Gasteiger partial charge in [0.15, 0.2) is 0 Å². The summed E-state index contributed by atoms with van der Waals surface area (Å²) in [6, 6.07) is 2.76. The summed E-state index contributed by atoms with van der Waals surface area (Å²) < 4.78 is 29.5. The number of nitrogens with zero attached hydrogens (tertiary/aromatic N) is 6. The SMILES string of the molecule is O=C1NC=CN(S(=O)(=O)c2ccc(Cl)c(Cl)c2)C1Cc1cn(C2CCCc3nc(CCO)ncc32)nn1. The van der Waals surface area contributed by atoms with Gasteiger partial charge in [-0.2, -0.15) is 0 Å². The van der Waals surface area contributed by atoms with Crippen molar-refractivity contribution in [3.63, 3.8) is 0 Å². The van der Waals surface area contributed by atoms with Crippen LogP contribution in [0.2, 0.25) is 10.0 Å². The number of carbonyl (C=O) groups excluding carboxylic acids is 1. The molecule has 2 aliphatic rings. The standard InChI is InChI=1S/C23H23Cl2N7O4S/c24-17-5-4-15(11-18(17)25)37(35,36)32-8-7-26-23(34)21(32)10-14-13-31(30-29-14)20-3-1-2-19-16(20)12-27-22(28-19)6-9-33/h4-5,7-8,11-13,20-21,33H,1-3,6,9-10H2,(H,26,34). The fourth-order valence-corrected chi connectivity index (χ4v) is 6.35. The van der Waals surface area contributed by atoms with Crippen molar-refractivity contribution in [1.29, 1.82) is 0 Å². The van der Waals surface area contributed by atoms with Gasteiger partial charge in [0.1, 0.15) is 11.9 Å². The number of hydrogen-bond acceptors (Lipinski definition) is 8. The van der Waals surface area contributed by atoms with Crippen molar-refractivity contribution in [2.75, 3.05) is 6.61 Å². The number of hydrogen-bond donors (Lipinski definition) is 2. The first kappa shape index (κ1) is 25.6. The van der Waals surface area contributed by atoms with Crippen LogP contribution in [-0.2, 0) is 34.1 Å². The van der Waals surface area contributed by atoms with Gasteiger partial charge in [-0.15, -0.1) is 5.10 Å². The van der Waals surface area contributed by atoms with Crippen LogP contribution in [0.5, 0.6) is 0 Å². The number of aliphatic hydroxyl groups is 1. The second kappa shape index (κ2) is 10.4. The van der Waals surface area contributed by atoms with E-state index in [0.717, 1.165) is 34.8 Å². The first-order valence-electron chi connectivity index (χ1n) is 11.6. The van der Waals surface area contributed by atoms with Crippen molar-refractivity contribution in [1.82, 2.24) is 34.6 Å². The van der Waals surface area contributed by atoms with Gasteiger partial charge in [0, 0.05) is 48.9 Å². The zero-order chi connectivity index (χ0) is 26.2. The van der Waals surface area contributed by atoms with Gasteiger partial charge < -0.3 is 10.4 Å². The fourth-order valence-electron chi connectivity index (χ4n) is 4.52. The minimum Gasteiger partial charge on any atom is -0.396 e. The Morgan fingerprint density at radius 1 is 1.22 bits per heavy atom. The van der Waals surface area contributed by atoms with Crippen LogP contribution in [0.1, 0.15) is 41.7 Å². The normalized spacial score (nSPS) is 19.5. The predicted octanol–water partition coefficient (Wildman–Crippen LogP) is 2.04. The Morgan fingerprint density at radius 3 is 2.84 bits per heavy atom. The van der Waals surface area contributed by atoms with Crippen LogP contribution in [0.15, 0.2) is 47.9 Å². The van der Waals surface area contributed by atoms with E-state index in [1.54, 1.807) is 17.1 Å². The molecular weight excluding hydrogens is 541 g/mol. The predicted molar refractivity (Wildman–Crippen MR) is 134 cm³/mol. The number of rotatable bonds is 7. The molecule has 2 atom stereocenters. The number of carbonyl (C=O) groups is 1. The third kappa shape index (κ3) is 5.06. The van der Waals surface area contributed by atoms with Crippen LogP contribution in [0.4, 0.5) is 0 Å². The van der Waals surface area contributed by atoms with Gasteiger partial charge in [-0.05, 0) is 37.5 Å². The molecule has 194 valence electrons. The van der Waals surface area contributed by atoms with Crippen molar-refractivity contribution >= 4 is 39.1 Å². The first-order chi connectivity index (χ1) is 17.8. The van der Waals surface area contributed by atoms with Gasteiger partial charge in [-0.3, -0.25) is 9.10 Å². The number of fused-ring (bicyclic) bond motifs is 1. The largest absolute Gasteiger partial charge is 0.396 e. The van der Waals surface area contributed by atoms with E-state index in [1.807, 2.05) is 0 Å². The highest BCUT2D eigenvalue weighted by molar-refractivity contribution is 7.89. The molecule has 2 N–H and O–H groups in total. The fraction of sp³-hybridized carbons (Fsp3) is 0.348. The molecule has 0 fully saturated rings. The van der Waals surface area contributed by atoms with Gasteiger partial charge in [0.2, 0.25) is 5.91 Å². The maximum Gasteiger partial charge on any atom is 0.264 e. The van der Waals surface area contributed by atoms with Gasteiger partial charge >= 0.3 is 0 Å². The van der Waals surface area contributed by atoms with Crippen molar-refractivity contribution < 1.29 is 18.3 Å². The minimum atomic E-state index is -4.11. The summed E-state index contributed by atoms with van der Waals surface area (Å²) >= 11 is 12.0. The molecule has 2 unspecified atom stereocenters. The van der Waals surface area contributed by atoms with Crippen LogP contribution in [0.25, 0.3) is 0 Å². The quantitative estimate of drug-likeness (QED) is 0.444. The number of benzene rings is 1. The molecule has 0 bridgehead atoms. The van der Waals surface area contributed by atoms with E-state index in [1.165, 1.54) is 30.6 Å². The Kier molecular flexibility index (Phi) is 7.17. The summed E-state index contributed by atoms with van der Waals surface area (Å²) in [4.78, 5) is 21.6. The topological polar surface area (TPSA) is 143 Å². The van der Waals surface area contributed by atoms with Crippen LogP contribution < -0.4 is 5.32 Å². The van der Waals surface area contributed by atoms with E-state index in [-0.39, 0.29) is 34.0 Å². The third-order valence-electron chi connectivity index (χ3n) is 6.34. The Bertz CT molecular complexity index is 1480. The molecule has 1 aromatic carbocycles. The molecule has 0 saturated carbocycles. The second-order valence-corrected chi connectivity index (χ2v) is 11.4. The number of amides is 1. The maximum absolute atomic E-state index is 13.4. The van der Waals surface area contributed by atoms with E-state index in [2.05, 4.69) is 25.6 Å². The Balaban J connectivity index is 1.40. The molecule has 1 aliphatic carbocycles. The number of sulfonamides is 1. The molecule has 1 amide bonds. The van der Waals surface area contributed by atoms with Crippen LogP contribution >= 0.6 is 23.2 Å². The number of aliphatic hydroxyl groups excluding tert-OH is 1. The molecule has 0 radical (unpaired) electrons. The maximum atomic E-state index is 13.4. The van der Waals surface area contributed by atoms with Gasteiger partial charge in [-0.25, -0.2) is 23.1 Å². The average Bonchev–Trinajstić information content (AvgIpc) is 3.35. The van der Waals surface area contributed by atoms with Crippen LogP contribution in [0, 0.1) is 0 Å². The van der Waals surface area contributed by atoms with Gasteiger partial charge in [0.25, 0.3) is 10.0 Å². The Morgan fingerprint density at radius 2 is 2.05 bits per heavy atom. The zero-order valence-corrected chi connectivity index (χ0v) is 21.8. The average molecular weight is 564 g/mol. The molecule has 14 heteroatoms. The Labute approximate surface area is 223 Å². The molecule has 0 saturated heterocycles. The van der Waals surface area contributed by atoms with Crippen molar-refractivity contribution in [3.8, 4) is 0 Å². The monoisotopic (exact) mass is 563 g/mol. The molecule has 37 heavy (non-hydrogen) atoms. The highest BCUT2D eigenvalue weighted by atomic mass is 35.5. The minimum absolute atomic E-state index is 0.00222. The van der Waals surface area contributed by atoms with Crippen LogP contribution in [-0.4, -0.2) is 61.3 Å². The number of halogens is 2.